The Bertz CT molecular complexity index is 437. The van der Waals surface area contributed by atoms with Crippen molar-refractivity contribution < 1.29 is 9.88 Å². The molecule has 6 nitrogen and oxygen atoms in total. The first-order chi connectivity index (χ1) is 8.83. The van der Waals surface area contributed by atoms with E-state index in [-0.39, 0.29) is 0 Å². The first-order valence-electron chi connectivity index (χ1n) is 5.27. The fourth-order valence-electron chi connectivity index (χ4n) is 1.60. The summed E-state index contributed by atoms with van der Waals surface area (Å²) in [6.45, 7) is 0. The highest BCUT2D eigenvalue weighted by Crippen LogP contribution is 2.23. The Hall–Kier alpha value is -2.12. The lowest BCUT2D eigenvalue weighted by Crippen LogP contribution is -2.06. The van der Waals surface area contributed by atoms with Crippen LogP contribution in [0.5, 0.6) is 0 Å². The fraction of sp³-hybridized carbons (Fsp3) is 0. The van der Waals surface area contributed by atoms with Crippen LogP contribution in [0.15, 0.2) is 48.5 Å². The van der Waals surface area contributed by atoms with Gasteiger partial charge in [-0.2, -0.15) is 21.7 Å². The minimum Gasteiger partial charge on any atom is -0.248 e. The topological polar surface area (TPSA) is 94.6 Å². The summed E-state index contributed by atoms with van der Waals surface area (Å²) in [6, 6.07) is 15.3. The van der Waals surface area contributed by atoms with Crippen LogP contribution in [0.25, 0.3) is 11.1 Å². The predicted octanol–water partition coefficient (Wildman–Crippen LogP) is 1.79. The number of anilines is 2. The van der Waals surface area contributed by atoms with Crippen molar-refractivity contribution in [1.82, 2.24) is 0 Å². The van der Waals surface area contributed by atoms with E-state index < -0.39 is 0 Å². The van der Waals surface area contributed by atoms with Gasteiger partial charge in [-0.3, -0.25) is 0 Å². The van der Waals surface area contributed by atoms with Crippen LogP contribution in [0.3, 0.4) is 0 Å². The Morgan fingerprint density at radius 2 is 0.944 bits per heavy atom. The van der Waals surface area contributed by atoms with E-state index in [1.165, 1.54) is 0 Å². The van der Waals surface area contributed by atoms with Crippen LogP contribution in [0.4, 0.5) is 11.4 Å². The lowest BCUT2D eigenvalue weighted by molar-refractivity contribution is 0.201. The standard InChI is InChI=1S/C12H14N4O2/c13-17-15-11-5-1-9(2-6-11)10-3-7-12(8-4-10)16-18-14/h1-8,15-16H,13-14H2. The molecule has 0 radical (unpaired) electrons. The zero-order chi connectivity index (χ0) is 12.8. The second kappa shape index (κ2) is 5.99. The highest BCUT2D eigenvalue weighted by atomic mass is 16.8. The van der Waals surface area contributed by atoms with Gasteiger partial charge in [0.2, 0.25) is 0 Å². The third kappa shape index (κ3) is 2.96. The van der Waals surface area contributed by atoms with Gasteiger partial charge in [-0.05, 0) is 35.4 Å². The Morgan fingerprint density at radius 3 is 1.22 bits per heavy atom. The van der Waals surface area contributed by atoms with Crippen LogP contribution in [-0.4, -0.2) is 0 Å². The maximum absolute atomic E-state index is 4.91. The number of nitrogens with one attached hydrogen (secondary N) is 2. The normalized spacial score (nSPS) is 10.1. The van der Waals surface area contributed by atoms with Gasteiger partial charge in [-0.1, -0.05) is 24.3 Å². The summed E-state index contributed by atoms with van der Waals surface area (Å²) >= 11 is 0. The first-order valence-corrected chi connectivity index (χ1v) is 5.27. The van der Waals surface area contributed by atoms with E-state index >= 15 is 0 Å². The average molecular weight is 246 g/mol. The first kappa shape index (κ1) is 12.3. The smallest absolute Gasteiger partial charge is 0.0624 e. The Balaban J connectivity index is 2.15. The van der Waals surface area contributed by atoms with E-state index in [9.17, 15) is 0 Å². The molecule has 94 valence electrons. The molecule has 0 aromatic heterocycles. The molecule has 0 heterocycles. The molecule has 0 aliphatic heterocycles. The molecule has 0 atom stereocenters. The number of nitrogens with two attached hydrogens (primary N) is 2. The number of benzene rings is 2. The molecule has 0 bridgehead atoms. The molecule has 0 aliphatic carbocycles. The van der Waals surface area contributed by atoms with Gasteiger partial charge < -0.3 is 0 Å². The molecule has 0 saturated carbocycles. The lowest BCUT2D eigenvalue weighted by atomic mass is 10.1. The van der Waals surface area contributed by atoms with Crippen molar-refractivity contribution in [3.05, 3.63) is 48.5 Å². The summed E-state index contributed by atoms with van der Waals surface area (Å²) in [6.07, 6.45) is 0. The summed E-state index contributed by atoms with van der Waals surface area (Å²) in [4.78, 5) is 8.66. The second-order valence-electron chi connectivity index (χ2n) is 3.59. The highest BCUT2D eigenvalue weighted by Gasteiger charge is 1.98. The summed E-state index contributed by atoms with van der Waals surface area (Å²) < 4.78 is 0. The van der Waals surface area contributed by atoms with Gasteiger partial charge in [-0.25, -0.2) is 11.0 Å². The predicted molar refractivity (Wildman–Crippen MR) is 69.7 cm³/mol. The molecule has 2 aromatic rings. The van der Waals surface area contributed by atoms with Gasteiger partial charge in [0.05, 0.1) is 11.4 Å². The minimum atomic E-state index is 0.788. The summed E-state index contributed by atoms with van der Waals surface area (Å²) in [5.41, 5.74) is 8.84. The molecule has 0 unspecified atom stereocenters. The molecule has 0 amide bonds. The van der Waals surface area contributed by atoms with E-state index in [4.69, 9.17) is 11.8 Å². The Labute approximate surface area is 104 Å². The zero-order valence-electron chi connectivity index (χ0n) is 9.59. The third-order valence-electron chi connectivity index (χ3n) is 2.46. The van der Waals surface area contributed by atoms with Crippen LogP contribution >= 0.6 is 0 Å². The van der Waals surface area contributed by atoms with E-state index in [2.05, 4.69) is 20.8 Å². The average Bonchev–Trinajstić information content (AvgIpc) is 2.41. The van der Waals surface area contributed by atoms with Gasteiger partial charge >= 0.3 is 0 Å². The number of hydrogen-bond donors (Lipinski definition) is 4. The van der Waals surface area contributed by atoms with Crippen molar-refractivity contribution in [2.24, 2.45) is 11.8 Å². The van der Waals surface area contributed by atoms with Gasteiger partial charge in [0, 0.05) is 0 Å². The van der Waals surface area contributed by atoms with Gasteiger partial charge in [0.1, 0.15) is 0 Å². The molecule has 18 heavy (non-hydrogen) atoms. The molecule has 0 fully saturated rings. The van der Waals surface area contributed by atoms with Crippen molar-refractivity contribution in [1.29, 1.82) is 0 Å². The SMILES string of the molecule is NONc1ccc(-c2ccc(NON)cc2)cc1. The van der Waals surface area contributed by atoms with Crippen molar-refractivity contribution in [3.63, 3.8) is 0 Å². The third-order valence-corrected chi connectivity index (χ3v) is 2.46. The lowest BCUT2D eigenvalue weighted by Gasteiger charge is -2.06. The van der Waals surface area contributed by atoms with Gasteiger partial charge in [0.15, 0.2) is 0 Å². The van der Waals surface area contributed by atoms with E-state index in [0.29, 0.717) is 0 Å². The zero-order valence-corrected chi connectivity index (χ0v) is 9.59. The highest BCUT2D eigenvalue weighted by molar-refractivity contribution is 5.67. The number of rotatable bonds is 5. The number of hydrogen-bond acceptors (Lipinski definition) is 6. The van der Waals surface area contributed by atoms with E-state index in [1.54, 1.807) is 0 Å². The van der Waals surface area contributed by atoms with Gasteiger partial charge in [-0.15, -0.1) is 0 Å². The van der Waals surface area contributed by atoms with E-state index in [0.717, 1.165) is 22.5 Å². The maximum atomic E-state index is 4.91. The fourth-order valence-corrected chi connectivity index (χ4v) is 1.60. The maximum Gasteiger partial charge on any atom is 0.0624 e. The van der Waals surface area contributed by atoms with Crippen molar-refractivity contribution in [2.45, 2.75) is 0 Å². The molecule has 0 spiro atoms. The molecule has 6 N–H and O–H groups in total. The molecule has 0 saturated heterocycles. The monoisotopic (exact) mass is 246 g/mol. The Kier molecular flexibility index (Phi) is 4.11. The summed E-state index contributed by atoms with van der Waals surface area (Å²) in [7, 11) is 0. The molecule has 2 rings (SSSR count). The van der Waals surface area contributed by atoms with Crippen molar-refractivity contribution in [3.8, 4) is 11.1 Å². The molecular formula is C12H14N4O2. The summed E-state index contributed by atoms with van der Waals surface area (Å²) in [5.74, 6) is 9.83. The second-order valence-corrected chi connectivity index (χ2v) is 3.59. The molecule has 0 aliphatic rings. The van der Waals surface area contributed by atoms with Crippen LogP contribution in [0, 0.1) is 0 Å². The van der Waals surface area contributed by atoms with E-state index in [1.807, 2.05) is 48.5 Å². The Morgan fingerprint density at radius 1 is 0.611 bits per heavy atom. The van der Waals surface area contributed by atoms with Crippen LogP contribution in [-0.2, 0) is 9.88 Å². The van der Waals surface area contributed by atoms with Crippen LogP contribution < -0.4 is 22.8 Å². The largest absolute Gasteiger partial charge is 0.248 e. The van der Waals surface area contributed by atoms with Crippen molar-refractivity contribution >= 4 is 11.4 Å². The summed E-state index contributed by atoms with van der Waals surface area (Å²) in [5, 5.41) is 0. The quantitative estimate of drug-likeness (QED) is 0.601. The van der Waals surface area contributed by atoms with Gasteiger partial charge in [0.25, 0.3) is 0 Å². The van der Waals surface area contributed by atoms with Crippen molar-refractivity contribution in [2.75, 3.05) is 11.0 Å². The molecule has 2 aromatic carbocycles. The molecular weight excluding hydrogens is 232 g/mol. The molecule has 6 heteroatoms. The van der Waals surface area contributed by atoms with Crippen LogP contribution in [0.1, 0.15) is 0 Å². The van der Waals surface area contributed by atoms with Crippen LogP contribution in [0.2, 0.25) is 0 Å². The minimum absolute atomic E-state index is 0.788.